The number of nitrogens with zero attached hydrogens (tertiary/aromatic N) is 7. The number of nitrogen functional groups attached to an aromatic ring is 1. The van der Waals surface area contributed by atoms with Gasteiger partial charge in [-0.25, -0.2) is 15.0 Å². The molecule has 3 heterocycles. The average molecular weight is 390 g/mol. The van der Waals surface area contributed by atoms with Crippen molar-refractivity contribution < 1.29 is 4.74 Å². The third-order valence-corrected chi connectivity index (χ3v) is 4.05. The van der Waals surface area contributed by atoms with Crippen LogP contribution in [0, 0.1) is 6.33 Å². The lowest BCUT2D eigenvalue weighted by atomic mass is 10.3. The van der Waals surface area contributed by atoms with Gasteiger partial charge in [0.15, 0.2) is 16.0 Å². The molecule has 0 aliphatic carbocycles. The van der Waals surface area contributed by atoms with Crippen LogP contribution >= 0.6 is 11.8 Å². The van der Waals surface area contributed by atoms with Gasteiger partial charge >= 0.3 is 0 Å². The molecule has 137 valence electrons. The van der Waals surface area contributed by atoms with Gasteiger partial charge in [-0.3, -0.25) is 0 Å². The summed E-state index contributed by atoms with van der Waals surface area (Å²) in [6.45, 7) is 0. The summed E-state index contributed by atoms with van der Waals surface area (Å²) in [6, 6.07) is 9.25. The van der Waals surface area contributed by atoms with Crippen LogP contribution in [0.5, 0.6) is 11.6 Å². The van der Waals surface area contributed by atoms with E-state index in [1.807, 2.05) is 30.3 Å². The van der Waals surface area contributed by atoms with E-state index >= 15 is 0 Å². The second-order valence-corrected chi connectivity index (χ2v) is 6.17. The van der Waals surface area contributed by atoms with Crippen molar-refractivity contribution in [3.63, 3.8) is 0 Å². The van der Waals surface area contributed by atoms with Gasteiger partial charge in [-0.05, 0) is 23.9 Å². The lowest BCUT2D eigenvalue weighted by molar-refractivity contribution is 0.445. The van der Waals surface area contributed by atoms with E-state index < -0.39 is 0 Å². The number of ether oxygens (including phenoxy) is 1. The SMILES string of the molecule is Nc1n[c]nc(Sc2ncc(Nc3cncnc3)nc2Oc2ccccc2)n1. The van der Waals surface area contributed by atoms with Crippen molar-refractivity contribution in [2.45, 2.75) is 10.2 Å². The molecule has 0 saturated carbocycles. The van der Waals surface area contributed by atoms with Gasteiger partial charge in [0.05, 0.1) is 24.3 Å². The number of nitrogens with one attached hydrogen (secondary N) is 1. The smallest absolute Gasteiger partial charge is 0.254 e. The molecule has 0 unspecified atom stereocenters. The van der Waals surface area contributed by atoms with E-state index in [4.69, 9.17) is 10.5 Å². The topological polar surface area (TPSA) is 138 Å². The van der Waals surface area contributed by atoms with E-state index in [1.54, 1.807) is 18.6 Å². The molecule has 0 saturated heterocycles. The summed E-state index contributed by atoms with van der Waals surface area (Å²) in [4.78, 5) is 28.5. The number of rotatable bonds is 6. The first-order valence-electron chi connectivity index (χ1n) is 7.94. The summed E-state index contributed by atoms with van der Waals surface area (Å²) in [5.74, 6) is 1.42. The highest BCUT2D eigenvalue weighted by Gasteiger charge is 2.14. The summed E-state index contributed by atoms with van der Waals surface area (Å²) in [5.41, 5.74) is 6.26. The van der Waals surface area contributed by atoms with E-state index in [0.717, 1.165) is 11.8 Å². The summed E-state index contributed by atoms with van der Waals surface area (Å²) < 4.78 is 5.91. The Morgan fingerprint density at radius 1 is 1.00 bits per heavy atom. The fourth-order valence-electron chi connectivity index (χ4n) is 2.07. The van der Waals surface area contributed by atoms with Crippen LogP contribution < -0.4 is 15.8 Å². The normalized spacial score (nSPS) is 10.4. The predicted molar refractivity (Wildman–Crippen MR) is 101 cm³/mol. The molecule has 28 heavy (non-hydrogen) atoms. The molecular weight excluding hydrogens is 378 g/mol. The van der Waals surface area contributed by atoms with Gasteiger partial charge in [-0.15, -0.1) is 0 Å². The Labute approximate surface area is 163 Å². The molecule has 0 atom stereocenters. The minimum Gasteiger partial charge on any atom is -0.437 e. The third-order valence-electron chi connectivity index (χ3n) is 3.21. The van der Waals surface area contributed by atoms with Crippen LogP contribution in [0.4, 0.5) is 17.5 Å². The molecule has 0 aliphatic heterocycles. The lowest BCUT2D eigenvalue weighted by Gasteiger charge is -2.11. The van der Waals surface area contributed by atoms with E-state index in [-0.39, 0.29) is 11.8 Å². The van der Waals surface area contributed by atoms with Gasteiger partial charge in [-0.2, -0.15) is 19.9 Å². The van der Waals surface area contributed by atoms with Crippen molar-refractivity contribution in [3.05, 3.63) is 61.6 Å². The number of hydrogen-bond donors (Lipinski definition) is 2. The summed E-state index contributed by atoms with van der Waals surface area (Å²) in [6.07, 6.45) is 8.69. The van der Waals surface area contributed by atoms with E-state index in [1.165, 1.54) is 6.33 Å². The number of aromatic nitrogens is 7. The van der Waals surface area contributed by atoms with Crippen molar-refractivity contribution in [1.29, 1.82) is 0 Å². The van der Waals surface area contributed by atoms with E-state index in [9.17, 15) is 0 Å². The Kier molecular flexibility index (Phi) is 5.15. The molecule has 11 heteroatoms. The number of anilines is 3. The van der Waals surface area contributed by atoms with Gasteiger partial charge in [0.2, 0.25) is 12.3 Å². The maximum absolute atomic E-state index is 5.91. The molecule has 0 amide bonds. The molecule has 10 nitrogen and oxygen atoms in total. The minimum absolute atomic E-state index is 0.0679. The Morgan fingerprint density at radius 2 is 1.82 bits per heavy atom. The molecule has 0 fully saturated rings. The predicted octanol–water partition coefficient (Wildman–Crippen LogP) is 2.52. The first-order valence-corrected chi connectivity index (χ1v) is 8.75. The fraction of sp³-hybridized carbons (Fsp3) is 0. The number of hydrogen-bond acceptors (Lipinski definition) is 11. The molecule has 0 aliphatic rings. The molecule has 4 aromatic rings. The van der Waals surface area contributed by atoms with Gasteiger partial charge in [-0.1, -0.05) is 18.2 Å². The van der Waals surface area contributed by atoms with E-state index in [0.29, 0.717) is 27.4 Å². The largest absolute Gasteiger partial charge is 0.437 e. The maximum Gasteiger partial charge on any atom is 0.254 e. The van der Waals surface area contributed by atoms with Crippen LogP contribution in [-0.4, -0.2) is 34.9 Å². The second kappa shape index (κ2) is 8.22. The maximum atomic E-state index is 5.91. The van der Waals surface area contributed by atoms with Gasteiger partial charge < -0.3 is 15.8 Å². The Hall–Kier alpha value is -3.86. The van der Waals surface area contributed by atoms with Crippen molar-refractivity contribution in [2.75, 3.05) is 11.1 Å². The van der Waals surface area contributed by atoms with E-state index in [2.05, 4.69) is 46.5 Å². The van der Waals surface area contributed by atoms with Crippen LogP contribution in [0.25, 0.3) is 0 Å². The third kappa shape index (κ3) is 4.45. The van der Waals surface area contributed by atoms with Crippen LogP contribution in [0.2, 0.25) is 0 Å². The summed E-state index contributed by atoms with van der Waals surface area (Å²) >= 11 is 1.14. The number of nitrogens with two attached hydrogens (primary N) is 1. The zero-order valence-corrected chi connectivity index (χ0v) is 15.0. The van der Waals surface area contributed by atoms with Crippen molar-refractivity contribution in [1.82, 2.24) is 34.9 Å². The Bertz CT molecular complexity index is 1070. The standard InChI is InChI=1S/C17H12N9OS/c18-16-22-10-23-17(26-16)28-15-14(27-12-4-2-1-3-5-12)25-13(8-21-15)24-11-6-19-9-20-7-11/h1-9H,(H,24,25)(H2,18,22,23,26). The minimum atomic E-state index is 0.0679. The van der Waals surface area contributed by atoms with Gasteiger partial charge in [0.1, 0.15) is 12.1 Å². The quantitative estimate of drug-likeness (QED) is 0.502. The van der Waals surface area contributed by atoms with Crippen molar-refractivity contribution in [2.24, 2.45) is 0 Å². The molecule has 4 rings (SSSR count). The zero-order chi connectivity index (χ0) is 19.2. The van der Waals surface area contributed by atoms with Crippen LogP contribution in [0.3, 0.4) is 0 Å². The summed E-state index contributed by atoms with van der Waals surface area (Å²) in [7, 11) is 0. The van der Waals surface area contributed by atoms with Crippen LogP contribution in [0.15, 0.2) is 65.4 Å². The molecule has 1 radical (unpaired) electrons. The zero-order valence-electron chi connectivity index (χ0n) is 14.2. The monoisotopic (exact) mass is 390 g/mol. The second-order valence-electron chi connectivity index (χ2n) is 5.21. The van der Waals surface area contributed by atoms with Crippen LogP contribution in [0.1, 0.15) is 0 Å². The molecule has 0 spiro atoms. The highest BCUT2D eigenvalue weighted by atomic mass is 32.2. The van der Waals surface area contributed by atoms with Crippen molar-refractivity contribution >= 4 is 29.2 Å². The Balaban J connectivity index is 1.65. The molecule has 0 bridgehead atoms. The molecular formula is C17H12N9OS. The van der Waals surface area contributed by atoms with Crippen LogP contribution in [-0.2, 0) is 0 Å². The van der Waals surface area contributed by atoms with Gasteiger partial charge in [0.25, 0.3) is 5.88 Å². The Morgan fingerprint density at radius 3 is 2.61 bits per heavy atom. The average Bonchev–Trinajstić information content (AvgIpc) is 2.72. The fourth-order valence-corrected chi connectivity index (χ4v) is 2.75. The molecule has 1 aromatic carbocycles. The summed E-state index contributed by atoms with van der Waals surface area (Å²) in [5, 5.41) is 3.86. The molecule has 3 N–H and O–H groups in total. The number of benzene rings is 1. The number of para-hydroxylation sites is 1. The highest BCUT2D eigenvalue weighted by molar-refractivity contribution is 7.99. The van der Waals surface area contributed by atoms with Crippen molar-refractivity contribution in [3.8, 4) is 11.6 Å². The molecule has 3 aromatic heterocycles. The first kappa shape index (κ1) is 17.5. The van der Waals surface area contributed by atoms with Gasteiger partial charge in [0, 0.05) is 0 Å². The first-order chi connectivity index (χ1) is 13.8. The highest BCUT2D eigenvalue weighted by Crippen LogP contribution is 2.33. The lowest BCUT2D eigenvalue weighted by Crippen LogP contribution is -2.01.